The van der Waals surface area contributed by atoms with E-state index in [-0.39, 0.29) is 11.8 Å². The van der Waals surface area contributed by atoms with Gasteiger partial charge in [0.1, 0.15) is 11.4 Å². The van der Waals surface area contributed by atoms with E-state index in [9.17, 15) is 4.79 Å². The van der Waals surface area contributed by atoms with Crippen molar-refractivity contribution in [2.75, 3.05) is 6.54 Å². The Morgan fingerprint density at radius 2 is 1.87 bits per heavy atom. The summed E-state index contributed by atoms with van der Waals surface area (Å²) in [5.41, 5.74) is 2.71. The third kappa shape index (κ3) is 4.36. The molecular weight excluding hydrogens is 398 g/mol. The molecule has 1 saturated carbocycles. The van der Waals surface area contributed by atoms with E-state index in [1.165, 1.54) is 0 Å². The van der Waals surface area contributed by atoms with Crippen LogP contribution in [0.2, 0.25) is 5.02 Å². The van der Waals surface area contributed by atoms with Gasteiger partial charge in [0.05, 0.1) is 17.1 Å². The van der Waals surface area contributed by atoms with Crippen molar-refractivity contribution in [2.45, 2.75) is 32.7 Å². The smallest absolute Gasteiger partial charge is 0.225 e. The molecule has 0 N–H and O–H groups in total. The summed E-state index contributed by atoms with van der Waals surface area (Å²) in [5.74, 6) is 1.56. The lowest BCUT2D eigenvalue weighted by Crippen LogP contribution is -2.32. The van der Waals surface area contributed by atoms with Gasteiger partial charge >= 0.3 is 0 Å². The highest BCUT2D eigenvalue weighted by atomic mass is 35.5. The maximum absolute atomic E-state index is 12.9. The van der Waals surface area contributed by atoms with Crippen LogP contribution in [0.1, 0.15) is 31.7 Å². The summed E-state index contributed by atoms with van der Waals surface area (Å²) in [5, 5.41) is 5.28. The molecule has 1 heterocycles. The van der Waals surface area contributed by atoms with Crippen LogP contribution in [-0.2, 0) is 18.4 Å². The third-order valence-electron chi connectivity index (χ3n) is 5.26. The zero-order valence-electron chi connectivity index (χ0n) is 17.3. The maximum atomic E-state index is 12.9. The minimum atomic E-state index is 0.168. The fourth-order valence-electron chi connectivity index (χ4n) is 3.60. The van der Waals surface area contributed by atoms with Gasteiger partial charge < -0.3 is 9.64 Å². The van der Waals surface area contributed by atoms with Crippen LogP contribution in [0, 0.1) is 5.92 Å². The fraction of sp³-hybridized carbons (Fsp3) is 0.333. The first-order chi connectivity index (χ1) is 14.6. The van der Waals surface area contributed by atoms with Crippen LogP contribution in [-0.4, -0.2) is 27.1 Å². The van der Waals surface area contributed by atoms with E-state index in [2.05, 4.69) is 6.92 Å². The number of rotatable bonds is 8. The molecule has 156 valence electrons. The van der Waals surface area contributed by atoms with Crippen molar-refractivity contribution in [1.82, 2.24) is 14.7 Å². The van der Waals surface area contributed by atoms with Crippen LogP contribution in [0.15, 0.2) is 54.6 Å². The van der Waals surface area contributed by atoms with Gasteiger partial charge in [-0.1, -0.05) is 61.0 Å². The molecule has 1 aliphatic rings. The first kappa shape index (κ1) is 20.5. The number of hydrogen-bond acceptors (Lipinski definition) is 3. The molecule has 1 aromatic heterocycles. The molecule has 1 amide bonds. The summed E-state index contributed by atoms with van der Waals surface area (Å²) in [7, 11) is 1.86. The van der Waals surface area contributed by atoms with E-state index < -0.39 is 0 Å². The third-order valence-corrected chi connectivity index (χ3v) is 5.57. The number of ether oxygens (including phenoxy) is 1. The molecule has 3 aromatic rings. The molecule has 0 unspecified atom stereocenters. The minimum Gasteiger partial charge on any atom is -0.437 e. The maximum Gasteiger partial charge on any atom is 0.225 e. The summed E-state index contributed by atoms with van der Waals surface area (Å²) in [6.07, 6.45) is 2.88. The lowest BCUT2D eigenvalue weighted by molar-refractivity contribution is -0.133. The van der Waals surface area contributed by atoms with Gasteiger partial charge in [-0.15, -0.1) is 0 Å². The van der Waals surface area contributed by atoms with Gasteiger partial charge in [-0.2, -0.15) is 5.10 Å². The number of para-hydroxylation sites is 1. The molecule has 4 rings (SSSR count). The van der Waals surface area contributed by atoms with Crippen molar-refractivity contribution in [3.8, 4) is 22.9 Å². The van der Waals surface area contributed by atoms with Gasteiger partial charge in [-0.3, -0.25) is 4.79 Å². The molecule has 5 nitrogen and oxygen atoms in total. The Bertz CT molecular complexity index is 1030. The Morgan fingerprint density at radius 3 is 2.53 bits per heavy atom. The Kier molecular flexibility index (Phi) is 6.09. The highest BCUT2D eigenvalue weighted by Crippen LogP contribution is 2.38. The van der Waals surface area contributed by atoms with Gasteiger partial charge in [0, 0.05) is 25.1 Å². The summed E-state index contributed by atoms with van der Waals surface area (Å²) in [6.45, 7) is 3.26. The summed E-state index contributed by atoms with van der Waals surface area (Å²) >= 11 is 6.34. The molecule has 0 aliphatic heterocycles. The molecule has 0 bridgehead atoms. The van der Waals surface area contributed by atoms with Crippen LogP contribution >= 0.6 is 11.6 Å². The van der Waals surface area contributed by atoms with Crippen molar-refractivity contribution in [2.24, 2.45) is 13.0 Å². The standard InChI is InChI=1S/C24H26ClN3O2/c1-3-15-28(23(29)18-13-14-18)16-19-22(17-9-5-4-6-10-17)26-27(2)24(19)30-21-12-8-7-11-20(21)25/h4-12,18H,3,13-16H2,1-2H3. The normalized spacial score (nSPS) is 13.3. The lowest BCUT2D eigenvalue weighted by atomic mass is 10.1. The molecular formula is C24H26ClN3O2. The second-order valence-electron chi connectivity index (χ2n) is 7.69. The lowest BCUT2D eigenvalue weighted by Gasteiger charge is -2.23. The average molecular weight is 424 g/mol. The zero-order chi connectivity index (χ0) is 21.1. The van der Waals surface area contributed by atoms with Crippen molar-refractivity contribution in [3.63, 3.8) is 0 Å². The molecule has 1 aliphatic carbocycles. The van der Waals surface area contributed by atoms with Gasteiger partial charge in [0.15, 0.2) is 0 Å². The van der Waals surface area contributed by atoms with Crippen molar-refractivity contribution < 1.29 is 9.53 Å². The Balaban J connectivity index is 1.76. The Morgan fingerprint density at radius 1 is 1.17 bits per heavy atom. The summed E-state index contributed by atoms with van der Waals surface area (Å²) < 4.78 is 7.97. The second kappa shape index (κ2) is 8.92. The first-order valence-electron chi connectivity index (χ1n) is 10.4. The Hall–Kier alpha value is -2.79. The molecule has 0 spiro atoms. The molecule has 1 fully saturated rings. The van der Waals surface area contributed by atoms with Gasteiger partial charge in [0.25, 0.3) is 0 Å². The SMILES string of the molecule is CCCN(Cc1c(-c2ccccc2)nn(C)c1Oc1ccccc1Cl)C(=O)C1CC1. The first-order valence-corrected chi connectivity index (χ1v) is 10.8. The zero-order valence-corrected chi connectivity index (χ0v) is 18.1. The topological polar surface area (TPSA) is 47.4 Å². The number of hydrogen-bond donors (Lipinski definition) is 0. The number of halogens is 1. The van der Waals surface area contributed by atoms with E-state index in [0.717, 1.165) is 36.1 Å². The number of benzene rings is 2. The van der Waals surface area contributed by atoms with Crippen molar-refractivity contribution in [1.29, 1.82) is 0 Å². The van der Waals surface area contributed by atoms with E-state index in [1.807, 2.05) is 60.5 Å². The number of carbonyl (C=O) groups excluding carboxylic acids is 1. The molecule has 2 aromatic carbocycles. The largest absolute Gasteiger partial charge is 0.437 e. The summed E-state index contributed by atoms with van der Waals surface area (Å²) in [4.78, 5) is 14.9. The summed E-state index contributed by atoms with van der Waals surface area (Å²) in [6, 6.07) is 17.4. The molecule has 6 heteroatoms. The highest BCUT2D eigenvalue weighted by molar-refractivity contribution is 6.32. The predicted octanol–water partition coefficient (Wildman–Crippen LogP) is 5.68. The van der Waals surface area contributed by atoms with E-state index in [4.69, 9.17) is 21.4 Å². The number of carbonyl (C=O) groups is 1. The van der Waals surface area contributed by atoms with Crippen LogP contribution < -0.4 is 4.74 Å². The molecule has 0 radical (unpaired) electrons. The monoisotopic (exact) mass is 423 g/mol. The van der Waals surface area contributed by atoms with E-state index in [1.54, 1.807) is 10.7 Å². The second-order valence-corrected chi connectivity index (χ2v) is 8.10. The fourth-order valence-corrected chi connectivity index (χ4v) is 3.77. The predicted molar refractivity (Wildman–Crippen MR) is 119 cm³/mol. The van der Waals surface area contributed by atoms with Gasteiger partial charge in [-0.05, 0) is 31.4 Å². The van der Waals surface area contributed by atoms with E-state index >= 15 is 0 Å². The van der Waals surface area contributed by atoms with Gasteiger partial charge in [0.2, 0.25) is 11.8 Å². The molecule has 30 heavy (non-hydrogen) atoms. The van der Waals surface area contributed by atoms with Crippen LogP contribution in [0.4, 0.5) is 0 Å². The quantitative estimate of drug-likeness (QED) is 0.468. The van der Waals surface area contributed by atoms with Crippen molar-refractivity contribution >= 4 is 17.5 Å². The number of aryl methyl sites for hydroxylation is 1. The van der Waals surface area contributed by atoms with E-state index in [0.29, 0.717) is 29.7 Å². The number of aromatic nitrogens is 2. The van der Waals surface area contributed by atoms with Crippen molar-refractivity contribution in [3.05, 3.63) is 65.2 Å². The van der Waals surface area contributed by atoms with Crippen LogP contribution in [0.5, 0.6) is 11.6 Å². The van der Waals surface area contributed by atoms with Gasteiger partial charge in [-0.25, -0.2) is 4.68 Å². The average Bonchev–Trinajstić information content (AvgIpc) is 3.56. The molecule has 0 atom stereocenters. The molecule has 0 saturated heterocycles. The number of amides is 1. The van der Waals surface area contributed by atoms with Crippen LogP contribution in [0.3, 0.4) is 0 Å². The highest BCUT2D eigenvalue weighted by Gasteiger charge is 2.34. The number of nitrogens with zero attached hydrogens (tertiary/aromatic N) is 3. The Labute approximate surface area is 182 Å². The van der Waals surface area contributed by atoms with Crippen LogP contribution in [0.25, 0.3) is 11.3 Å². The minimum absolute atomic E-state index is 0.168.